The lowest BCUT2D eigenvalue weighted by atomic mass is 10.2. The van der Waals surface area contributed by atoms with Gasteiger partial charge in [0.15, 0.2) is 0 Å². The normalized spacial score (nSPS) is 10.2. The third-order valence-electron chi connectivity index (χ3n) is 2.37. The summed E-state index contributed by atoms with van der Waals surface area (Å²) in [5.41, 5.74) is 1.04. The van der Waals surface area contributed by atoms with E-state index < -0.39 is 5.82 Å². The van der Waals surface area contributed by atoms with E-state index in [-0.39, 0.29) is 11.0 Å². The van der Waals surface area contributed by atoms with Crippen LogP contribution in [0, 0.1) is 12.7 Å². The predicted molar refractivity (Wildman–Crippen MR) is 68.0 cm³/mol. The second-order valence-corrected chi connectivity index (χ2v) is 3.98. The summed E-state index contributed by atoms with van der Waals surface area (Å²) in [5.74, 6) is 0.615. The van der Waals surface area contributed by atoms with Crippen LogP contribution in [-0.2, 0) is 0 Å². The molecule has 6 heteroatoms. The zero-order valence-corrected chi connectivity index (χ0v) is 10.6. The molecule has 0 saturated carbocycles. The zero-order chi connectivity index (χ0) is 13.1. The first-order chi connectivity index (χ1) is 8.60. The van der Waals surface area contributed by atoms with E-state index >= 15 is 0 Å². The molecule has 0 bridgehead atoms. The number of hydrogen-bond donors (Lipinski definition) is 1. The second kappa shape index (κ2) is 5.18. The van der Waals surface area contributed by atoms with Crippen LogP contribution in [0.5, 0.6) is 5.75 Å². The number of anilines is 2. The lowest BCUT2D eigenvalue weighted by Gasteiger charge is -2.10. The van der Waals surface area contributed by atoms with Crippen LogP contribution in [0.3, 0.4) is 0 Å². The van der Waals surface area contributed by atoms with Crippen molar-refractivity contribution >= 4 is 23.1 Å². The Morgan fingerprint density at radius 3 is 2.89 bits per heavy atom. The number of nitrogens with one attached hydrogen (secondary N) is 1. The molecular weight excluding hydrogens is 257 g/mol. The van der Waals surface area contributed by atoms with E-state index in [1.54, 1.807) is 25.3 Å². The molecule has 4 nitrogen and oxygen atoms in total. The Hall–Kier alpha value is -1.88. The maximum Gasteiger partial charge on any atom is 0.224 e. The summed E-state index contributed by atoms with van der Waals surface area (Å²) in [5, 5.41) is 2.97. The van der Waals surface area contributed by atoms with Crippen LogP contribution in [0.15, 0.2) is 24.4 Å². The molecule has 18 heavy (non-hydrogen) atoms. The van der Waals surface area contributed by atoms with Gasteiger partial charge in [0.1, 0.15) is 17.4 Å². The fourth-order valence-electron chi connectivity index (χ4n) is 1.40. The molecule has 0 amide bonds. The first kappa shape index (κ1) is 12.6. The predicted octanol–water partition coefficient (Wildman–Crippen LogP) is 3.33. The smallest absolute Gasteiger partial charge is 0.224 e. The minimum Gasteiger partial charge on any atom is -0.497 e. The highest BCUT2D eigenvalue weighted by Crippen LogP contribution is 2.25. The Morgan fingerprint density at radius 2 is 2.17 bits per heavy atom. The average Bonchev–Trinajstić information content (AvgIpc) is 2.36. The second-order valence-electron chi connectivity index (χ2n) is 3.64. The lowest BCUT2D eigenvalue weighted by molar-refractivity contribution is 0.414. The first-order valence-corrected chi connectivity index (χ1v) is 5.57. The number of aryl methyl sites for hydroxylation is 1. The van der Waals surface area contributed by atoms with Gasteiger partial charge in [0, 0.05) is 17.8 Å². The fraction of sp³-hybridized carbons (Fsp3) is 0.167. The van der Waals surface area contributed by atoms with Gasteiger partial charge in [-0.1, -0.05) is 0 Å². The molecule has 1 aromatic heterocycles. The summed E-state index contributed by atoms with van der Waals surface area (Å²) in [6.07, 6.45) is 1.57. The third kappa shape index (κ3) is 2.68. The van der Waals surface area contributed by atoms with Crippen LogP contribution in [0.4, 0.5) is 15.9 Å². The third-order valence-corrected chi connectivity index (χ3v) is 2.55. The van der Waals surface area contributed by atoms with Crippen LogP contribution < -0.4 is 10.1 Å². The van der Waals surface area contributed by atoms with Crippen molar-refractivity contribution in [2.24, 2.45) is 0 Å². The van der Waals surface area contributed by atoms with Gasteiger partial charge < -0.3 is 10.1 Å². The summed E-state index contributed by atoms with van der Waals surface area (Å²) in [4.78, 5) is 7.83. The van der Waals surface area contributed by atoms with Crippen LogP contribution in [0.2, 0.25) is 5.28 Å². The standard InChI is InChI=1S/C12H11ClFN3O/c1-7-6-15-12(13)17-11(7)16-10-5-8(18-2)3-4-9(10)14/h3-6H,1-2H3,(H,15,16,17). The number of ether oxygens (including phenoxy) is 1. The van der Waals surface area contributed by atoms with Crippen molar-refractivity contribution in [2.75, 3.05) is 12.4 Å². The van der Waals surface area contributed by atoms with Gasteiger partial charge in [-0.15, -0.1) is 0 Å². The van der Waals surface area contributed by atoms with E-state index in [2.05, 4.69) is 15.3 Å². The Bertz CT molecular complexity index is 577. The van der Waals surface area contributed by atoms with Crippen molar-refractivity contribution in [1.82, 2.24) is 9.97 Å². The average molecular weight is 268 g/mol. The Kier molecular flexibility index (Phi) is 3.62. The monoisotopic (exact) mass is 267 g/mol. The van der Waals surface area contributed by atoms with Gasteiger partial charge in [-0.3, -0.25) is 0 Å². The molecule has 0 spiro atoms. The lowest BCUT2D eigenvalue weighted by Crippen LogP contribution is -2.00. The van der Waals surface area contributed by atoms with Gasteiger partial charge in [-0.25, -0.2) is 14.4 Å². The molecule has 1 heterocycles. The number of hydrogen-bond acceptors (Lipinski definition) is 4. The van der Waals surface area contributed by atoms with Gasteiger partial charge in [0.2, 0.25) is 5.28 Å². The van der Waals surface area contributed by atoms with Crippen molar-refractivity contribution in [1.29, 1.82) is 0 Å². The molecule has 1 aromatic carbocycles. The van der Waals surface area contributed by atoms with Crippen molar-refractivity contribution in [3.8, 4) is 5.75 Å². The Morgan fingerprint density at radius 1 is 1.39 bits per heavy atom. The molecule has 2 rings (SSSR count). The summed E-state index contributed by atoms with van der Waals surface area (Å²) in [6, 6.07) is 4.41. The van der Waals surface area contributed by atoms with Crippen LogP contribution >= 0.6 is 11.6 Å². The van der Waals surface area contributed by atoms with E-state index in [0.29, 0.717) is 11.6 Å². The van der Waals surface area contributed by atoms with Gasteiger partial charge in [0.05, 0.1) is 12.8 Å². The fourth-order valence-corrected chi connectivity index (χ4v) is 1.54. The van der Waals surface area contributed by atoms with E-state index in [1.165, 1.54) is 13.2 Å². The highest BCUT2D eigenvalue weighted by atomic mass is 35.5. The van der Waals surface area contributed by atoms with Crippen molar-refractivity contribution < 1.29 is 9.13 Å². The highest BCUT2D eigenvalue weighted by molar-refractivity contribution is 6.28. The molecule has 0 unspecified atom stereocenters. The molecule has 2 aromatic rings. The molecule has 0 saturated heterocycles. The van der Waals surface area contributed by atoms with E-state index in [1.807, 2.05) is 0 Å². The Balaban J connectivity index is 2.36. The van der Waals surface area contributed by atoms with Crippen molar-refractivity contribution in [2.45, 2.75) is 6.92 Å². The molecule has 0 aliphatic carbocycles. The molecule has 0 aliphatic rings. The zero-order valence-electron chi connectivity index (χ0n) is 9.87. The minimum absolute atomic E-state index is 0.103. The van der Waals surface area contributed by atoms with Crippen LogP contribution in [0.25, 0.3) is 0 Å². The molecule has 0 atom stereocenters. The molecule has 0 fully saturated rings. The highest BCUT2D eigenvalue weighted by Gasteiger charge is 2.08. The number of rotatable bonds is 3. The quantitative estimate of drug-likeness (QED) is 0.867. The maximum absolute atomic E-state index is 13.6. The van der Waals surface area contributed by atoms with Crippen molar-refractivity contribution in [3.05, 3.63) is 41.1 Å². The van der Waals surface area contributed by atoms with Gasteiger partial charge >= 0.3 is 0 Å². The molecule has 0 aliphatic heterocycles. The number of nitrogens with zero attached hydrogens (tertiary/aromatic N) is 2. The molecule has 0 radical (unpaired) electrons. The summed E-state index contributed by atoms with van der Waals surface area (Å²) < 4.78 is 18.7. The molecule has 1 N–H and O–H groups in total. The first-order valence-electron chi connectivity index (χ1n) is 5.20. The largest absolute Gasteiger partial charge is 0.497 e. The minimum atomic E-state index is -0.398. The summed E-state index contributed by atoms with van der Waals surface area (Å²) in [6.45, 7) is 1.80. The molecular formula is C12H11ClFN3O. The van der Waals surface area contributed by atoms with Crippen LogP contribution in [-0.4, -0.2) is 17.1 Å². The van der Waals surface area contributed by atoms with Crippen molar-refractivity contribution in [3.63, 3.8) is 0 Å². The number of benzene rings is 1. The van der Waals surface area contributed by atoms with Crippen LogP contribution in [0.1, 0.15) is 5.56 Å². The molecule has 94 valence electrons. The Labute approximate surface area is 109 Å². The topological polar surface area (TPSA) is 47.0 Å². The van der Waals surface area contributed by atoms with Gasteiger partial charge in [-0.05, 0) is 30.7 Å². The van der Waals surface area contributed by atoms with Gasteiger partial charge in [0.25, 0.3) is 0 Å². The summed E-state index contributed by atoms with van der Waals surface area (Å²) >= 11 is 5.70. The summed E-state index contributed by atoms with van der Waals surface area (Å²) in [7, 11) is 1.52. The SMILES string of the molecule is COc1ccc(F)c(Nc2nc(Cl)ncc2C)c1. The maximum atomic E-state index is 13.6. The van der Waals surface area contributed by atoms with E-state index in [9.17, 15) is 4.39 Å². The number of aromatic nitrogens is 2. The number of methoxy groups -OCH3 is 1. The number of halogens is 2. The van der Waals surface area contributed by atoms with Gasteiger partial charge in [-0.2, -0.15) is 0 Å². The van der Waals surface area contributed by atoms with E-state index in [0.717, 1.165) is 5.56 Å². The van der Waals surface area contributed by atoms with E-state index in [4.69, 9.17) is 16.3 Å².